The molecule has 2 nitrogen and oxygen atoms in total. The third kappa shape index (κ3) is 1.34. The van der Waals surface area contributed by atoms with Crippen molar-refractivity contribution in [3.8, 4) is 5.75 Å². The van der Waals surface area contributed by atoms with Crippen LogP contribution in [0.1, 0.15) is 50.2 Å². The Labute approximate surface area is 121 Å². The minimum absolute atomic E-state index is 0.252. The normalized spacial score (nSPS) is 42.0. The Balaban J connectivity index is 1.90. The van der Waals surface area contributed by atoms with Gasteiger partial charge in [0, 0.05) is 11.5 Å². The number of nitrogens with two attached hydrogens (primary N) is 1. The Morgan fingerprint density at radius 1 is 1.20 bits per heavy atom. The molecule has 4 rings (SSSR count). The second-order valence-corrected chi connectivity index (χ2v) is 7.37. The van der Waals surface area contributed by atoms with Gasteiger partial charge in [-0.25, -0.2) is 0 Å². The molecule has 0 amide bonds. The van der Waals surface area contributed by atoms with E-state index in [1.807, 2.05) is 0 Å². The molecule has 0 aromatic heterocycles. The summed E-state index contributed by atoms with van der Waals surface area (Å²) < 4.78 is 5.48. The summed E-state index contributed by atoms with van der Waals surface area (Å²) >= 11 is 0. The van der Waals surface area contributed by atoms with Crippen LogP contribution in [0.25, 0.3) is 0 Å². The van der Waals surface area contributed by atoms with E-state index < -0.39 is 0 Å². The van der Waals surface area contributed by atoms with E-state index >= 15 is 0 Å². The molecule has 3 aliphatic rings. The van der Waals surface area contributed by atoms with Crippen molar-refractivity contribution in [1.82, 2.24) is 0 Å². The standard InChI is InChI=1S/C18H25NO/c1-17-8-5-13-7-10-18(17,16(13)19)9-6-12-3-4-14(20-2)11-15(12)17/h3-4,11,13,16H,5-10,19H2,1-2H3/t13-,16?,17+,18+/m1/s1. The fourth-order valence-electron chi connectivity index (χ4n) is 5.67. The van der Waals surface area contributed by atoms with E-state index in [2.05, 4.69) is 25.1 Å². The molecule has 2 bridgehead atoms. The van der Waals surface area contributed by atoms with Crippen molar-refractivity contribution >= 4 is 0 Å². The molecule has 4 atom stereocenters. The topological polar surface area (TPSA) is 35.2 Å². The fourth-order valence-corrected chi connectivity index (χ4v) is 5.67. The predicted octanol–water partition coefficient (Wildman–Crippen LogP) is 3.42. The Hall–Kier alpha value is -1.02. The van der Waals surface area contributed by atoms with Gasteiger partial charge in [0.1, 0.15) is 5.75 Å². The molecule has 1 aromatic rings. The lowest BCUT2D eigenvalue weighted by molar-refractivity contribution is 0.0398. The molecule has 1 aromatic carbocycles. The van der Waals surface area contributed by atoms with E-state index in [-0.39, 0.29) is 5.41 Å². The summed E-state index contributed by atoms with van der Waals surface area (Å²) in [4.78, 5) is 0. The highest BCUT2D eigenvalue weighted by atomic mass is 16.5. The Bertz CT molecular complexity index is 554. The van der Waals surface area contributed by atoms with E-state index in [1.54, 1.807) is 7.11 Å². The molecule has 3 aliphatic carbocycles. The third-order valence-corrected chi connectivity index (χ3v) is 6.97. The molecule has 0 radical (unpaired) electrons. The van der Waals surface area contributed by atoms with Gasteiger partial charge in [-0.15, -0.1) is 0 Å². The maximum atomic E-state index is 6.71. The molecule has 20 heavy (non-hydrogen) atoms. The molecule has 1 spiro atoms. The molecule has 0 heterocycles. The van der Waals surface area contributed by atoms with Crippen molar-refractivity contribution in [3.63, 3.8) is 0 Å². The molecule has 108 valence electrons. The SMILES string of the molecule is COc1ccc2c(c1)[C@]1(C)CC[C@@H]3CC[C@@]1(CC2)C3N. The molecular formula is C18H25NO. The monoisotopic (exact) mass is 271 g/mol. The summed E-state index contributed by atoms with van der Waals surface area (Å²) in [5.74, 6) is 1.77. The van der Waals surface area contributed by atoms with Crippen molar-refractivity contribution in [3.05, 3.63) is 29.3 Å². The van der Waals surface area contributed by atoms with Crippen LogP contribution in [0.4, 0.5) is 0 Å². The number of methoxy groups -OCH3 is 1. The van der Waals surface area contributed by atoms with Crippen LogP contribution in [0.3, 0.4) is 0 Å². The minimum atomic E-state index is 0.252. The lowest BCUT2D eigenvalue weighted by atomic mass is 9.48. The van der Waals surface area contributed by atoms with Gasteiger partial charge < -0.3 is 10.5 Å². The number of ether oxygens (including phenoxy) is 1. The van der Waals surface area contributed by atoms with Gasteiger partial charge in [-0.2, -0.15) is 0 Å². The maximum absolute atomic E-state index is 6.71. The van der Waals surface area contributed by atoms with Crippen molar-refractivity contribution in [1.29, 1.82) is 0 Å². The number of rotatable bonds is 1. The molecule has 0 aliphatic heterocycles. The van der Waals surface area contributed by atoms with Gasteiger partial charge in [0.05, 0.1) is 7.11 Å². The zero-order valence-corrected chi connectivity index (χ0v) is 12.6. The summed E-state index contributed by atoms with van der Waals surface area (Å²) in [6, 6.07) is 7.08. The average Bonchev–Trinajstić information content (AvgIpc) is 2.69. The van der Waals surface area contributed by atoms with Crippen molar-refractivity contribution in [2.45, 2.75) is 56.9 Å². The molecule has 0 saturated heterocycles. The van der Waals surface area contributed by atoms with Crippen LogP contribution < -0.4 is 10.5 Å². The molecule has 1 unspecified atom stereocenters. The summed E-state index contributed by atoms with van der Waals surface area (Å²) in [7, 11) is 1.76. The first-order chi connectivity index (χ1) is 9.61. The number of hydrogen-bond donors (Lipinski definition) is 1. The molecule has 2 fully saturated rings. The quantitative estimate of drug-likeness (QED) is 0.849. The van der Waals surface area contributed by atoms with Crippen molar-refractivity contribution in [2.75, 3.05) is 7.11 Å². The zero-order chi connectivity index (χ0) is 14.0. The highest BCUT2D eigenvalue weighted by Crippen LogP contribution is 2.65. The maximum Gasteiger partial charge on any atom is 0.119 e. The predicted molar refractivity (Wildman–Crippen MR) is 81.0 cm³/mol. The largest absolute Gasteiger partial charge is 0.497 e. The first kappa shape index (κ1) is 12.7. The van der Waals surface area contributed by atoms with Gasteiger partial charge in [-0.1, -0.05) is 13.0 Å². The van der Waals surface area contributed by atoms with Crippen LogP contribution >= 0.6 is 0 Å². The van der Waals surface area contributed by atoms with Gasteiger partial charge >= 0.3 is 0 Å². The Morgan fingerprint density at radius 3 is 2.80 bits per heavy atom. The van der Waals surface area contributed by atoms with E-state index in [0.29, 0.717) is 11.5 Å². The van der Waals surface area contributed by atoms with E-state index in [1.165, 1.54) is 49.7 Å². The highest BCUT2D eigenvalue weighted by molar-refractivity contribution is 5.46. The minimum Gasteiger partial charge on any atom is -0.497 e. The average molecular weight is 271 g/mol. The smallest absolute Gasteiger partial charge is 0.119 e. The third-order valence-electron chi connectivity index (χ3n) is 6.97. The summed E-state index contributed by atoms with van der Waals surface area (Å²) in [6.07, 6.45) is 7.74. The first-order valence-corrected chi connectivity index (χ1v) is 8.04. The summed E-state index contributed by atoms with van der Waals surface area (Å²) in [5, 5.41) is 0. The van der Waals surface area contributed by atoms with Gasteiger partial charge in [0.15, 0.2) is 0 Å². The second kappa shape index (κ2) is 4.00. The van der Waals surface area contributed by atoms with Crippen molar-refractivity contribution in [2.24, 2.45) is 17.1 Å². The lowest BCUT2D eigenvalue weighted by Gasteiger charge is -2.57. The van der Waals surface area contributed by atoms with Crippen LogP contribution in [0.5, 0.6) is 5.75 Å². The number of benzene rings is 1. The first-order valence-electron chi connectivity index (χ1n) is 8.04. The van der Waals surface area contributed by atoms with Gasteiger partial charge in [-0.3, -0.25) is 0 Å². The van der Waals surface area contributed by atoms with Crippen LogP contribution in [0, 0.1) is 11.3 Å². The number of aryl methyl sites for hydroxylation is 1. The van der Waals surface area contributed by atoms with Crippen LogP contribution in [-0.4, -0.2) is 13.2 Å². The van der Waals surface area contributed by atoms with E-state index in [4.69, 9.17) is 10.5 Å². The highest BCUT2D eigenvalue weighted by Gasteiger charge is 2.61. The second-order valence-electron chi connectivity index (χ2n) is 7.37. The molecule has 2 saturated carbocycles. The molecule has 2 heteroatoms. The number of fused-ring (bicyclic) bond motifs is 3. The molecular weight excluding hydrogens is 246 g/mol. The summed E-state index contributed by atoms with van der Waals surface area (Å²) in [6.45, 7) is 2.48. The fraction of sp³-hybridized carbons (Fsp3) is 0.667. The Morgan fingerprint density at radius 2 is 2.00 bits per heavy atom. The van der Waals surface area contributed by atoms with Gasteiger partial charge in [-0.05, 0) is 73.1 Å². The van der Waals surface area contributed by atoms with Gasteiger partial charge in [0.25, 0.3) is 0 Å². The lowest BCUT2D eigenvalue weighted by Crippen LogP contribution is -2.58. The van der Waals surface area contributed by atoms with Crippen LogP contribution in [0.15, 0.2) is 18.2 Å². The van der Waals surface area contributed by atoms with Gasteiger partial charge in [0.2, 0.25) is 0 Å². The summed E-state index contributed by atoms with van der Waals surface area (Å²) in [5.41, 5.74) is 10.4. The van der Waals surface area contributed by atoms with Crippen LogP contribution in [0.2, 0.25) is 0 Å². The molecule has 2 N–H and O–H groups in total. The Kier molecular flexibility index (Phi) is 2.54. The number of hydrogen-bond acceptors (Lipinski definition) is 2. The van der Waals surface area contributed by atoms with Crippen LogP contribution in [-0.2, 0) is 11.8 Å². The zero-order valence-electron chi connectivity index (χ0n) is 12.6. The van der Waals surface area contributed by atoms with E-state index in [0.717, 1.165) is 11.7 Å². The van der Waals surface area contributed by atoms with Crippen molar-refractivity contribution < 1.29 is 4.74 Å². The van der Waals surface area contributed by atoms with E-state index in [9.17, 15) is 0 Å².